The molecule has 1 aromatic carbocycles. The summed E-state index contributed by atoms with van der Waals surface area (Å²) < 4.78 is 0. The molecule has 0 amide bonds. The molecule has 1 heterocycles. The number of pyridine rings is 1. The van der Waals surface area contributed by atoms with E-state index in [0.717, 1.165) is 24.3 Å². The normalized spacial score (nSPS) is 10.0. The second-order valence-electron chi connectivity index (χ2n) is 4.18. The van der Waals surface area contributed by atoms with Gasteiger partial charge in [0, 0.05) is 19.3 Å². The van der Waals surface area contributed by atoms with Gasteiger partial charge in [-0.25, -0.2) is 0 Å². The van der Waals surface area contributed by atoms with Crippen LogP contribution in [0.25, 0.3) is 0 Å². The maximum atomic E-state index is 8.80. The number of aromatic nitrogens is 1. The van der Waals surface area contributed by atoms with E-state index in [-0.39, 0.29) is 0 Å². The molecule has 2 rings (SSSR count). The first kappa shape index (κ1) is 12.3. The van der Waals surface area contributed by atoms with Gasteiger partial charge in [-0.15, -0.1) is 0 Å². The number of hydrogen-bond acceptors (Lipinski definition) is 3. The molecule has 0 saturated heterocycles. The Bertz CT molecular complexity index is 556. The zero-order chi connectivity index (χ0) is 12.8. The van der Waals surface area contributed by atoms with Crippen LogP contribution in [0, 0.1) is 18.3 Å². The largest absolute Gasteiger partial charge is 0.307 e. The first-order chi connectivity index (χ1) is 8.79. The van der Waals surface area contributed by atoms with Crippen LogP contribution in [-0.2, 0) is 13.1 Å². The van der Waals surface area contributed by atoms with E-state index in [4.69, 9.17) is 5.26 Å². The molecule has 0 spiro atoms. The molecule has 1 aromatic heterocycles. The van der Waals surface area contributed by atoms with Crippen molar-refractivity contribution < 1.29 is 0 Å². The van der Waals surface area contributed by atoms with Crippen molar-refractivity contribution in [3.05, 3.63) is 65.0 Å². The highest BCUT2D eigenvalue weighted by molar-refractivity contribution is 5.37. The summed E-state index contributed by atoms with van der Waals surface area (Å²) in [6.45, 7) is 3.56. The van der Waals surface area contributed by atoms with Crippen LogP contribution in [0.1, 0.15) is 22.4 Å². The van der Waals surface area contributed by atoms with Gasteiger partial charge < -0.3 is 5.32 Å². The maximum Gasteiger partial charge on any atom is 0.0991 e. The lowest BCUT2D eigenvalue weighted by Gasteiger charge is -2.07. The van der Waals surface area contributed by atoms with Crippen molar-refractivity contribution >= 4 is 0 Å². The van der Waals surface area contributed by atoms with Crippen LogP contribution in [0.2, 0.25) is 0 Å². The lowest BCUT2D eigenvalue weighted by molar-refractivity contribution is 0.677. The van der Waals surface area contributed by atoms with E-state index in [0.29, 0.717) is 5.56 Å². The molecule has 1 N–H and O–H groups in total. The summed E-state index contributed by atoms with van der Waals surface area (Å²) in [5, 5.41) is 12.2. The number of nitriles is 1. The van der Waals surface area contributed by atoms with E-state index < -0.39 is 0 Å². The first-order valence-electron chi connectivity index (χ1n) is 5.90. The minimum atomic E-state index is 0.709. The van der Waals surface area contributed by atoms with E-state index >= 15 is 0 Å². The topological polar surface area (TPSA) is 48.7 Å². The van der Waals surface area contributed by atoms with Crippen LogP contribution in [-0.4, -0.2) is 4.98 Å². The van der Waals surface area contributed by atoms with Crippen LogP contribution in [0.3, 0.4) is 0 Å². The smallest absolute Gasteiger partial charge is 0.0991 e. The van der Waals surface area contributed by atoms with Crippen molar-refractivity contribution in [2.45, 2.75) is 20.0 Å². The number of hydrogen-bond donors (Lipinski definition) is 1. The van der Waals surface area contributed by atoms with Crippen molar-refractivity contribution in [2.75, 3.05) is 0 Å². The molecule has 0 aliphatic heterocycles. The van der Waals surface area contributed by atoms with Gasteiger partial charge in [0.05, 0.1) is 17.3 Å². The lowest BCUT2D eigenvalue weighted by Crippen LogP contribution is -2.14. The van der Waals surface area contributed by atoms with Gasteiger partial charge in [-0.2, -0.15) is 5.26 Å². The summed E-state index contributed by atoms with van der Waals surface area (Å²) in [6.07, 6.45) is 1.80. The van der Waals surface area contributed by atoms with Crippen molar-refractivity contribution in [3.8, 4) is 6.07 Å². The Morgan fingerprint density at radius 2 is 2.11 bits per heavy atom. The van der Waals surface area contributed by atoms with Gasteiger partial charge in [-0.3, -0.25) is 4.98 Å². The first-order valence-corrected chi connectivity index (χ1v) is 5.90. The summed E-state index contributed by atoms with van der Waals surface area (Å²) in [5.74, 6) is 0. The summed E-state index contributed by atoms with van der Waals surface area (Å²) >= 11 is 0. The molecule has 0 bridgehead atoms. The molecule has 0 fully saturated rings. The molecule has 0 radical (unpaired) electrons. The number of nitrogens with one attached hydrogen (secondary N) is 1. The molecule has 3 nitrogen and oxygen atoms in total. The second kappa shape index (κ2) is 5.95. The van der Waals surface area contributed by atoms with Gasteiger partial charge in [-0.1, -0.05) is 12.1 Å². The minimum absolute atomic E-state index is 0.709. The number of aryl methyl sites for hydroxylation is 1. The summed E-state index contributed by atoms with van der Waals surface area (Å²) in [7, 11) is 0. The van der Waals surface area contributed by atoms with Gasteiger partial charge in [0.2, 0.25) is 0 Å². The van der Waals surface area contributed by atoms with Gasteiger partial charge >= 0.3 is 0 Å². The molecule has 0 aliphatic carbocycles. The van der Waals surface area contributed by atoms with Crippen molar-refractivity contribution in [2.24, 2.45) is 0 Å². The van der Waals surface area contributed by atoms with Crippen LogP contribution >= 0.6 is 0 Å². The monoisotopic (exact) mass is 237 g/mol. The van der Waals surface area contributed by atoms with Crippen LogP contribution < -0.4 is 5.32 Å². The molecule has 2 aromatic rings. The molecule has 0 unspecified atom stereocenters. The fourth-order valence-electron chi connectivity index (χ4n) is 1.79. The molecule has 3 heteroatoms. The van der Waals surface area contributed by atoms with E-state index in [9.17, 15) is 0 Å². The number of rotatable bonds is 4. The minimum Gasteiger partial charge on any atom is -0.307 e. The highest BCUT2D eigenvalue weighted by Gasteiger charge is 2.00. The number of benzene rings is 1. The summed E-state index contributed by atoms with van der Waals surface area (Å²) in [4.78, 5) is 4.25. The van der Waals surface area contributed by atoms with Crippen molar-refractivity contribution in [1.82, 2.24) is 10.3 Å². The van der Waals surface area contributed by atoms with Crippen LogP contribution in [0.15, 0.2) is 42.6 Å². The average Bonchev–Trinajstić information content (AvgIpc) is 2.42. The fraction of sp³-hybridized carbons (Fsp3) is 0.200. The second-order valence-corrected chi connectivity index (χ2v) is 4.18. The van der Waals surface area contributed by atoms with E-state index in [2.05, 4.69) is 16.4 Å². The van der Waals surface area contributed by atoms with Gasteiger partial charge in [-0.05, 0) is 42.3 Å². The highest BCUT2D eigenvalue weighted by atomic mass is 14.9. The quantitative estimate of drug-likeness (QED) is 0.889. The predicted molar refractivity (Wildman–Crippen MR) is 70.7 cm³/mol. The Morgan fingerprint density at radius 1 is 1.22 bits per heavy atom. The van der Waals surface area contributed by atoms with Crippen molar-refractivity contribution in [1.29, 1.82) is 5.26 Å². The standard InChI is InChI=1S/C15H15N3/c1-12-8-13(9-16)5-6-14(12)10-17-11-15-4-2-3-7-18-15/h2-8,17H,10-11H2,1H3. The molecule has 90 valence electrons. The Labute approximate surface area is 107 Å². The maximum absolute atomic E-state index is 8.80. The lowest BCUT2D eigenvalue weighted by atomic mass is 10.1. The molecular weight excluding hydrogens is 222 g/mol. The van der Waals surface area contributed by atoms with Crippen LogP contribution in [0.4, 0.5) is 0 Å². The third-order valence-electron chi connectivity index (χ3n) is 2.82. The Morgan fingerprint density at radius 3 is 2.78 bits per heavy atom. The Kier molecular flexibility index (Phi) is 4.06. The van der Waals surface area contributed by atoms with Crippen molar-refractivity contribution in [3.63, 3.8) is 0 Å². The van der Waals surface area contributed by atoms with Crippen LogP contribution in [0.5, 0.6) is 0 Å². The predicted octanol–water partition coefficient (Wildman–Crippen LogP) is 2.55. The third kappa shape index (κ3) is 3.16. The average molecular weight is 237 g/mol. The summed E-state index contributed by atoms with van der Waals surface area (Å²) in [5.41, 5.74) is 4.09. The number of nitrogens with zero attached hydrogens (tertiary/aromatic N) is 2. The highest BCUT2D eigenvalue weighted by Crippen LogP contribution is 2.10. The van der Waals surface area contributed by atoms with Gasteiger partial charge in [0.15, 0.2) is 0 Å². The molecule has 0 aliphatic rings. The molecular formula is C15H15N3. The molecule has 0 saturated carbocycles. The Balaban J connectivity index is 1.93. The van der Waals surface area contributed by atoms with Gasteiger partial charge in [0.25, 0.3) is 0 Å². The van der Waals surface area contributed by atoms with E-state index in [1.807, 2.05) is 43.3 Å². The summed E-state index contributed by atoms with van der Waals surface area (Å²) in [6, 6.07) is 13.8. The zero-order valence-electron chi connectivity index (χ0n) is 10.4. The third-order valence-corrected chi connectivity index (χ3v) is 2.82. The fourth-order valence-corrected chi connectivity index (χ4v) is 1.79. The zero-order valence-corrected chi connectivity index (χ0v) is 10.4. The molecule has 18 heavy (non-hydrogen) atoms. The van der Waals surface area contributed by atoms with Gasteiger partial charge in [0.1, 0.15) is 0 Å². The Hall–Kier alpha value is -2.18. The van der Waals surface area contributed by atoms with E-state index in [1.54, 1.807) is 6.20 Å². The molecule has 0 atom stereocenters. The van der Waals surface area contributed by atoms with E-state index in [1.165, 1.54) is 5.56 Å². The SMILES string of the molecule is Cc1cc(C#N)ccc1CNCc1ccccn1.